The number of aromatic nitrogens is 1. The van der Waals surface area contributed by atoms with Gasteiger partial charge in [0.05, 0.1) is 18.7 Å². The Morgan fingerprint density at radius 3 is 2.81 bits per heavy atom. The lowest BCUT2D eigenvalue weighted by atomic mass is 10.2. The molecule has 2 rings (SSSR count). The van der Waals surface area contributed by atoms with E-state index in [0.29, 0.717) is 29.4 Å². The number of carbonyl (C=O) groups is 1. The van der Waals surface area contributed by atoms with Crippen LogP contribution in [0.4, 0.5) is 0 Å². The normalized spacial score (nSPS) is 10.8. The van der Waals surface area contributed by atoms with Crippen molar-refractivity contribution in [2.75, 3.05) is 33.4 Å². The molecule has 1 aromatic carbocycles. The van der Waals surface area contributed by atoms with Crippen LogP contribution in [0.25, 0.3) is 10.9 Å². The molecule has 0 spiro atoms. The Morgan fingerprint density at radius 1 is 1.33 bits per heavy atom. The van der Waals surface area contributed by atoms with Crippen molar-refractivity contribution in [1.29, 1.82) is 0 Å². The number of amides is 1. The van der Waals surface area contributed by atoms with Gasteiger partial charge in [-0.1, -0.05) is 23.7 Å². The SMILES string of the molecule is COCCN(CCO)C(=O)c1ccc2ccc(Cl)cc2n1. The van der Waals surface area contributed by atoms with Crippen LogP contribution in [-0.4, -0.2) is 54.3 Å². The number of carbonyl (C=O) groups excluding carboxylic acids is 1. The van der Waals surface area contributed by atoms with Gasteiger partial charge in [0, 0.05) is 30.6 Å². The van der Waals surface area contributed by atoms with Crippen LogP contribution < -0.4 is 0 Å². The maximum Gasteiger partial charge on any atom is 0.272 e. The van der Waals surface area contributed by atoms with Crippen molar-refractivity contribution in [2.24, 2.45) is 0 Å². The van der Waals surface area contributed by atoms with Crippen LogP contribution in [0.5, 0.6) is 0 Å². The molecule has 112 valence electrons. The van der Waals surface area contributed by atoms with Crippen LogP contribution in [0.3, 0.4) is 0 Å². The van der Waals surface area contributed by atoms with Crippen LogP contribution >= 0.6 is 11.6 Å². The van der Waals surface area contributed by atoms with Crippen LogP contribution in [0.1, 0.15) is 10.5 Å². The van der Waals surface area contributed by atoms with Crippen molar-refractivity contribution < 1.29 is 14.6 Å². The van der Waals surface area contributed by atoms with Gasteiger partial charge in [-0.05, 0) is 18.2 Å². The third kappa shape index (κ3) is 3.91. The Kier molecular flexibility index (Phi) is 5.50. The van der Waals surface area contributed by atoms with Crippen molar-refractivity contribution in [3.63, 3.8) is 0 Å². The van der Waals surface area contributed by atoms with Crippen LogP contribution in [0.2, 0.25) is 5.02 Å². The third-order valence-corrected chi connectivity index (χ3v) is 3.33. The van der Waals surface area contributed by atoms with Gasteiger partial charge in [-0.25, -0.2) is 4.98 Å². The molecule has 1 aromatic heterocycles. The van der Waals surface area contributed by atoms with E-state index in [9.17, 15) is 4.79 Å². The Labute approximate surface area is 128 Å². The van der Waals surface area contributed by atoms with Crippen LogP contribution in [0, 0.1) is 0 Å². The molecule has 1 N–H and O–H groups in total. The fourth-order valence-electron chi connectivity index (χ4n) is 2.01. The Hall–Kier alpha value is -1.69. The number of nitrogens with zero attached hydrogens (tertiary/aromatic N) is 2. The second kappa shape index (κ2) is 7.36. The molecule has 6 heteroatoms. The molecule has 21 heavy (non-hydrogen) atoms. The maximum atomic E-state index is 12.4. The number of aliphatic hydroxyl groups excluding tert-OH is 1. The van der Waals surface area contributed by atoms with E-state index < -0.39 is 0 Å². The Balaban J connectivity index is 2.27. The molecule has 0 aliphatic heterocycles. The van der Waals surface area contributed by atoms with E-state index in [4.69, 9.17) is 21.4 Å². The fraction of sp³-hybridized carbons (Fsp3) is 0.333. The number of hydrogen-bond acceptors (Lipinski definition) is 4. The van der Waals surface area contributed by atoms with E-state index in [2.05, 4.69) is 4.98 Å². The van der Waals surface area contributed by atoms with Gasteiger partial charge in [0.15, 0.2) is 0 Å². The minimum atomic E-state index is -0.233. The molecule has 0 saturated heterocycles. The van der Waals surface area contributed by atoms with Gasteiger partial charge < -0.3 is 14.7 Å². The summed E-state index contributed by atoms with van der Waals surface area (Å²) in [7, 11) is 1.57. The van der Waals surface area contributed by atoms with Gasteiger partial charge >= 0.3 is 0 Å². The first-order valence-corrected chi connectivity index (χ1v) is 6.99. The highest BCUT2D eigenvalue weighted by Gasteiger charge is 2.16. The largest absolute Gasteiger partial charge is 0.395 e. The number of methoxy groups -OCH3 is 1. The first kappa shape index (κ1) is 15.7. The molecule has 0 unspecified atom stereocenters. The van der Waals surface area contributed by atoms with E-state index in [0.717, 1.165) is 5.39 Å². The average Bonchev–Trinajstić information content (AvgIpc) is 2.50. The molecular weight excluding hydrogens is 292 g/mol. The molecule has 0 atom stereocenters. The van der Waals surface area contributed by atoms with Gasteiger partial charge in [0.25, 0.3) is 5.91 Å². The highest BCUT2D eigenvalue weighted by molar-refractivity contribution is 6.31. The zero-order chi connectivity index (χ0) is 15.2. The summed E-state index contributed by atoms with van der Waals surface area (Å²) in [6.07, 6.45) is 0. The van der Waals surface area contributed by atoms with Gasteiger partial charge in [0.2, 0.25) is 0 Å². The zero-order valence-electron chi connectivity index (χ0n) is 11.8. The number of rotatable bonds is 6. The second-order valence-electron chi connectivity index (χ2n) is 4.54. The molecule has 5 nitrogen and oxygen atoms in total. The van der Waals surface area contributed by atoms with Crippen molar-refractivity contribution >= 4 is 28.4 Å². The highest BCUT2D eigenvalue weighted by atomic mass is 35.5. The summed E-state index contributed by atoms with van der Waals surface area (Å²) in [4.78, 5) is 18.3. The quantitative estimate of drug-likeness (QED) is 0.886. The molecule has 0 bridgehead atoms. The molecule has 0 saturated carbocycles. The summed E-state index contributed by atoms with van der Waals surface area (Å²) in [5.41, 5.74) is 0.998. The lowest BCUT2D eigenvalue weighted by Gasteiger charge is -2.21. The summed E-state index contributed by atoms with van der Waals surface area (Å²) in [6.45, 7) is 0.961. The lowest BCUT2D eigenvalue weighted by Crippen LogP contribution is -2.36. The number of hydrogen-bond donors (Lipinski definition) is 1. The van der Waals surface area contributed by atoms with Gasteiger partial charge in [-0.15, -0.1) is 0 Å². The topological polar surface area (TPSA) is 62.7 Å². The summed E-state index contributed by atoms with van der Waals surface area (Å²) in [5, 5.41) is 10.6. The first-order chi connectivity index (χ1) is 10.2. The molecule has 0 aliphatic rings. The number of aliphatic hydroxyl groups is 1. The zero-order valence-corrected chi connectivity index (χ0v) is 12.5. The molecule has 1 heterocycles. The third-order valence-electron chi connectivity index (χ3n) is 3.10. The Bertz CT molecular complexity index is 633. The molecule has 0 aliphatic carbocycles. The van der Waals surface area contributed by atoms with Crippen molar-refractivity contribution in [2.45, 2.75) is 0 Å². The second-order valence-corrected chi connectivity index (χ2v) is 4.98. The highest BCUT2D eigenvalue weighted by Crippen LogP contribution is 2.18. The molecule has 1 amide bonds. The molecule has 2 aromatic rings. The Morgan fingerprint density at radius 2 is 2.10 bits per heavy atom. The van der Waals surface area contributed by atoms with Crippen molar-refractivity contribution in [1.82, 2.24) is 9.88 Å². The number of halogens is 1. The predicted molar refractivity (Wildman–Crippen MR) is 81.6 cm³/mol. The van der Waals surface area contributed by atoms with Gasteiger partial charge in [0.1, 0.15) is 5.69 Å². The monoisotopic (exact) mass is 308 g/mol. The van der Waals surface area contributed by atoms with E-state index >= 15 is 0 Å². The van der Waals surface area contributed by atoms with E-state index in [1.54, 1.807) is 25.3 Å². The molecule has 0 fully saturated rings. The number of pyridine rings is 1. The summed E-state index contributed by atoms with van der Waals surface area (Å²) in [5.74, 6) is -0.233. The van der Waals surface area contributed by atoms with E-state index in [1.165, 1.54) is 4.90 Å². The van der Waals surface area contributed by atoms with E-state index in [1.807, 2.05) is 12.1 Å². The minimum absolute atomic E-state index is 0.102. The number of benzene rings is 1. The van der Waals surface area contributed by atoms with Crippen LogP contribution in [-0.2, 0) is 4.74 Å². The number of ether oxygens (including phenoxy) is 1. The van der Waals surface area contributed by atoms with E-state index in [-0.39, 0.29) is 19.1 Å². The average molecular weight is 309 g/mol. The molecular formula is C15H17ClN2O3. The standard InChI is InChI=1S/C15H17ClN2O3/c1-21-9-7-18(6-8-19)15(20)13-5-3-11-2-4-12(16)10-14(11)17-13/h2-5,10,19H,6-9H2,1H3. The van der Waals surface area contributed by atoms with Gasteiger partial charge in [-0.3, -0.25) is 4.79 Å². The fourth-order valence-corrected chi connectivity index (χ4v) is 2.17. The minimum Gasteiger partial charge on any atom is -0.395 e. The summed E-state index contributed by atoms with van der Waals surface area (Å²) >= 11 is 5.95. The maximum absolute atomic E-state index is 12.4. The van der Waals surface area contributed by atoms with Crippen molar-refractivity contribution in [3.05, 3.63) is 41.0 Å². The van der Waals surface area contributed by atoms with Crippen LogP contribution in [0.15, 0.2) is 30.3 Å². The predicted octanol–water partition coefficient (Wildman–Crippen LogP) is 1.97. The summed E-state index contributed by atoms with van der Waals surface area (Å²) in [6, 6.07) is 8.87. The summed E-state index contributed by atoms with van der Waals surface area (Å²) < 4.78 is 4.98. The van der Waals surface area contributed by atoms with Gasteiger partial charge in [-0.2, -0.15) is 0 Å². The van der Waals surface area contributed by atoms with Crippen molar-refractivity contribution in [3.8, 4) is 0 Å². The first-order valence-electron chi connectivity index (χ1n) is 6.61. The number of fused-ring (bicyclic) bond motifs is 1. The smallest absolute Gasteiger partial charge is 0.272 e. The lowest BCUT2D eigenvalue weighted by molar-refractivity contribution is 0.0651. The molecule has 0 radical (unpaired) electrons.